The predicted octanol–water partition coefficient (Wildman–Crippen LogP) is 1.59. The standard InChI is InChI=1S/C15H20N2O5/c1-17(2)15(21)11-9-10(7-8-12(11)22-3)16-13(18)5-4-6-14(19)20/h7-9H,4-6H2,1-3H3,(H,16,18)(H,19,20). The van der Waals surface area contributed by atoms with Gasteiger partial charge in [0.15, 0.2) is 0 Å². The number of aliphatic carboxylic acids is 1. The Morgan fingerprint density at radius 3 is 2.45 bits per heavy atom. The summed E-state index contributed by atoms with van der Waals surface area (Å²) in [5, 5.41) is 11.2. The van der Waals surface area contributed by atoms with Crippen molar-refractivity contribution in [2.24, 2.45) is 0 Å². The summed E-state index contributed by atoms with van der Waals surface area (Å²) >= 11 is 0. The molecule has 0 bridgehead atoms. The molecule has 0 radical (unpaired) electrons. The molecule has 1 rings (SSSR count). The number of anilines is 1. The lowest BCUT2D eigenvalue weighted by atomic mass is 10.1. The number of benzene rings is 1. The molecule has 0 unspecified atom stereocenters. The van der Waals surface area contributed by atoms with Gasteiger partial charge >= 0.3 is 5.97 Å². The first-order valence-corrected chi connectivity index (χ1v) is 6.76. The molecule has 2 N–H and O–H groups in total. The van der Waals surface area contributed by atoms with Gasteiger partial charge in [-0.1, -0.05) is 0 Å². The number of carbonyl (C=O) groups excluding carboxylic acids is 2. The number of amides is 2. The van der Waals surface area contributed by atoms with Crippen LogP contribution in [0.25, 0.3) is 0 Å². The number of nitrogens with one attached hydrogen (secondary N) is 1. The Hall–Kier alpha value is -2.57. The third-order valence-corrected chi connectivity index (χ3v) is 2.91. The smallest absolute Gasteiger partial charge is 0.303 e. The maximum absolute atomic E-state index is 12.1. The van der Waals surface area contributed by atoms with Crippen molar-refractivity contribution < 1.29 is 24.2 Å². The van der Waals surface area contributed by atoms with E-state index in [1.165, 1.54) is 18.1 Å². The van der Waals surface area contributed by atoms with Gasteiger partial charge in [0, 0.05) is 32.6 Å². The van der Waals surface area contributed by atoms with Crippen LogP contribution < -0.4 is 10.1 Å². The number of carboxylic acids is 1. The van der Waals surface area contributed by atoms with Crippen molar-refractivity contribution in [2.75, 3.05) is 26.5 Å². The zero-order chi connectivity index (χ0) is 16.7. The first-order valence-electron chi connectivity index (χ1n) is 6.76. The van der Waals surface area contributed by atoms with Crippen molar-refractivity contribution in [1.82, 2.24) is 4.90 Å². The number of rotatable bonds is 7. The summed E-state index contributed by atoms with van der Waals surface area (Å²) in [5.74, 6) is -1.05. The van der Waals surface area contributed by atoms with Crippen LogP contribution in [0.5, 0.6) is 5.75 Å². The van der Waals surface area contributed by atoms with Crippen molar-refractivity contribution in [3.63, 3.8) is 0 Å². The highest BCUT2D eigenvalue weighted by atomic mass is 16.5. The largest absolute Gasteiger partial charge is 0.496 e. The highest BCUT2D eigenvalue weighted by Gasteiger charge is 2.15. The molecule has 2 amide bonds. The lowest BCUT2D eigenvalue weighted by molar-refractivity contribution is -0.137. The minimum atomic E-state index is -0.934. The first-order chi connectivity index (χ1) is 10.3. The molecule has 0 atom stereocenters. The minimum absolute atomic E-state index is 0.0552. The van der Waals surface area contributed by atoms with Gasteiger partial charge < -0.3 is 20.1 Å². The molecule has 1 aromatic rings. The number of nitrogens with zero attached hydrogens (tertiary/aromatic N) is 1. The van der Waals surface area contributed by atoms with E-state index in [0.717, 1.165) is 0 Å². The van der Waals surface area contributed by atoms with E-state index in [0.29, 0.717) is 17.0 Å². The summed E-state index contributed by atoms with van der Waals surface area (Å²) in [6.07, 6.45) is 0.316. The third kappa shape index (κ3) is 5.08. The average molecular weight is 308 g/mol. The molecule has 120 valence electrons. The molecule has 0 saturated heterocycles. The lowest BCUT2D eigenvalue weighted by Gasteiger charge is -2.15. The summed E-state index contributed by atoms with van der Waals surface area (Å²) in [7, 11) is 4.71. The fourth-order valence-electron chi connectivity index (χ4n) is 1.82. The monoisotopic (exact) mass is 308 g/mol. The number of hydrogen-bond acceptors (Lipinski definition) is 4. The zero-order valence-electron chi connectivity index (χ0n) is 12.9. The number of carboxylic acid groups (broad SMARTS) is 1. The highest BCUT2D eigenvalue weighted by Crippen LogP contribution is 2.23. The number of methoxy groups -OCH3 is 1. The fraction of sp³-hybridized carbons (Fsp3) is 0.400. The van der Waals surface area contributed by atoms with Gasteiger partial charge in [-0.3, -0.25) is 14.4 Å². The first kappa shape index (κ1) is 17.5. The van der Waals surface area contributed by atoms with Crippen LogP contribution in [0, 0.1) is 0 Å². The number of carbonyl (C=O) groups is 3. The van der Waals surface area contributed by atoms with Gasteiger partial charge in [-0.2, -0.15) is 0 Å². The van der Waals surface area contributed by atoms with Crippen LogP contribution in [0.1, 0.15) is 29.6 Å². The van der Waals surface area contributed by atoms with E-state index in [2.05, 4.69) is 5.32 Å². The minimum Gasteiger partial charge on any atom is -0.496 e. The van der Waals surface area contributed by atoms with E-state index in [9.17, 15) is 14.4 Å². The van der Waals surface area contributed by atoms with Gasteiger partial charge in [-0.15, -0.1) is 0 Å². The molecule has 0 heterocycles. The maximum atomic E-state index is 12.1. The Labute approximate surface area is 128 Å². The van der Waals surface area contributed by atoms with E-state index in [1.54, 1.807) is 26.2 Å². The normalized spacial score (nSPS) is 9.95. The zero-order valence-corrected chi connectivity index (χ0v) is 12.9. The van der Waals surface area contributed by atoms with Crippen LogP contribution >= 0.6 is 0 Å². The van der Waals surface area contributed by atoms with Crippen molar-refractivity contribution >= 4 is 23.5 Å². The molecular formula is C15H20N2O5. The molecule has 0 fully saturated rings. The average Bonchev–Trinajstić information content (AvgIpc) is 2.45. The second-order valence-corrected chi connectivity index (χ2v) is 4.91. The second kappa shape index (κ2) is 8.02. The molecule has 0 saturated carbocycles. The molecule has 0 aliphatic heterocycles. The van der Waals surface area contributed by atoms with Gasteiger partial charge in [0.2, 0.25) is 5.91 Å². The molecule has 0 aliphatic rings. The molecule has 0 aliphatic carbocycles. The Morgan fingerprint density at radius 2 is 1.91 bits per heavy atom. The molecule has 0 spiro atoms. The molecule has 1 aromatic carbocycles. The molecular weight excluding hydrogens is 288 g/mol. The lowest BCUT2D eigenvalue weighted by Crippen LogP contribution is -2.22. The van der Waals surface area contributed by atoms with Crippen molar-refractivity contribution in [3.05, 3.63) is 23.8 Å². The molecule has 0 aromatic heterocycles. The van der Waals surface area contributed by atoms with Crippen LogP contribution in [-0.4, -0.2) is 49.0 Å². The van der Waals surface area contributed by atoms with E-state index in [4.69, 9.17) is 9.84 Å². The summed E-state index contributed by atoms with van der Waals surface area (Å²) in [5.41, 5.74) is 0.808. The van der Waals surface area contributed by atoms with Crippen LogP contribution in [0.4, 0.5) is 5.69 Å². The third-order valence-electron chi connectivity index (χ3n) is 2.91. The van der Waals surface area contributed by atoms with Crippen LogP contribution in [0.2, 0.25) is 0 Å². The van der Waals surface area contributed by atoms with Gasteiger partial charge in [0.1, 0.15) is 5.75 Å². The van der Waals surface area contributed by atoms with Gasteiger partial charge in [-0.05, 0) is 24.6 Å². The van der Waals surface area contributed by atoms with Gasteiger partial charge in [0.05, 0.1) is 12.7 Å². The fourth-order valence-corrected chi connectivity index (χ4v) is 1.82. The quantitative estimate of drug-likeness (QED) is 0.797. The van der Waals surface area contributed by atoms with Crippen LogP contribution in [0.15, 0.2) is 18.2 Å². The second-order valence-electron chi connectivity index (χ2n) is 4.91. The van der Waals surface area contributed by atoms with E-state index in [-0.39, 0.29) is 31.1 Å². The van der Waals surface area contributed by atoms with E-state index < -0.39 is 5.97 Å². The Balaban J connectivity index is 2.80. The Bertz CT molecular complexity index is 569. The summed E-state index contributed by atoms with van der Waals surface area (Å²) in [6, 6.07) is 4.76. The van der Waals surface area contributed by atoms with Crippen molar-refractivity contribution in [2.45, 2.75) is 19.3 Å². The number of hydrogen-bond donors (Lipinski definition) is 2. The van der Waals surface area contributed by atoms with E-state index >= 15 is 0 Å². The maximum Gasteiger partial charge on any atom is 0.303 e. The van der Waals surface area contributed by atoms with Crippen molar-refractivity contribution in [1.29, 1.82) is 0 Å². The van der Waals surface area contributed by atoms with Gasteiger partial charge in [0.25, 0.3) is 5.91 Å². The Kier molecular flexibility index (Phi) is 6.37. The van der Waals surface area contributed by atoms with E-state index in [1.807, 2.05) is 0 Å². The summed E-state index contributed by atoms with van der Waals surface area (Å²) in [6.45, 7) is 0. The summed E-state index contributed by atoms with van der Waals surface area (Å²) < 4.78 is 5.14. The Morgan fingerprint density at radius 1 is 1.23 bits per heavy atom. The molecule has 22 heavy (non-hydrogen) atoms. The topological polar surface area (TPSA) is 95.9 Å². The SMILES string of the molecule is COc1ccc(NC(=O)CCCC(=O)O)cc1C(=O)N(C)C. The van der Waals surface area contributed by atoms with Gasteiger partial charge in [-0.25, -0.2) is 0 Å². The summed E-state index contributed by atoms with van der Waals surface area (Å²) in [4.78, 5) is 35.6. The van der Waals surface area contributed by atoms with Crippen LogP contribution in [-0.2, 0) is 9.59 Å². The molecule has 7 nitrogen and oxygen atoms in total. The number of ether oxygens (including phenoxy) is 1. The predicted molar refractivity (Wildman–Crippen MR) is 81.1 cm³/mol. The molecule has 7 heteroatoms. The van der Waals surface area contributed by atoms with Crippen LogP contribution in [0.3, 0.4) is 0 Å². The van der Waals surface area contributed by atoms with Crippen molar-refractivity contribution in [3.8, 4) is 5.75 Å². The highest BCUT2D eigenvalue weighted by molar-refractivity contribution is 5.99.